The Kier molecular flexibility index (Phi) is 7.70. The van der Waals surface area contributed by atoms with Gasteiger partial charge < -0.3 is 15.3 Å². The molecule has 1 amide bonds. The standard InChI is InChI=1S/C22H28F3N3O2.H2/c1-5-15-8-9-16(12-18(15)29)14(4)21(30)26-13-17-10-11-19(22(23,24)25)27-20(17)28(6-2)7-3;/h8-12,14,29H,5-7,13H2,1-4H3,(H,26,30);1H. The molecule has 2 N–H and O–H groups in total. The molecule has 0 aliphatic rings. The minimum Gasteiger partial charge on any atom is -0.508 e. The summed E-state index contributed by atoms with van der Waals surface area (Å²) in [6.07, 6.45) is -3.85. The third kappa shape index (κ3) is 5.43. The predicted molar refractivity (Wildman–Crippen MR) is 113 cm³/mol. The molecule has 0 saturated carbocycles. The maximum absolute atomic E-state index is 13.1. The number of nitrogens with zero attached hydrogens (tertiary/aromatic N) is 2. The molecular formula is C22H30F3N3O2. The van der Waals surface area contributed by atoms with Crippen LogP contribution in [0, 0.1) is 0 Å². The third-order valence-corrected chi connectivity index (χ3v) is 5.15. The molecule has 0 radical (unpaired) electrons. The summed E-state index contributed by atoms with van der Waals surface area (Å²) in [5.41, 5.74) is 1.01. The Bertz CT molecular complexity index is 887. The van der Waals surface area contributed by atoms with E-state index in [4.69, 9.17) is 0 Å². The lowest BCUT2D eigenvalue weighted by Crippen LogP contribution is -2.30. The second-order valence-corrected chi connectivity index (χ2v) is 7.03. The van der Waals surface area contributed by atoms with Gasteiger partial charge in [0, 0.05) is 26.6 Å². The number of carbonyl (C=O) groups excluding carboxylic acids is 1. The lowest BCUT2D eigenvalue weighted by atomic mass is 9.97. The van der Waals surface area contributed by atoms with E-state index < -0.39 is 17.8 Å². The predicted octanol–water partition coefficient (Wildman–Crippen LogP) is 4.88. The van der Waals surface area contributed by atoms with Crippen LogP contribution in [0.1, 0.15) is 57.4 Å². The Hall–Kier alpha value is -2.77. The van der Waals surface area contributed by atoms with E-state index in [-0.39, 0.29) is 25.4 Å². The van der Waals surface area contributed by atoms with Gasteiger partial charge in [-0.15, -0.1) is 0 Å². The van der Waals surface area contributed by atoms with Gasteiger partial charge in [0.1, 0.15) is 17.3 Å². The number of phenolic OH excluding ortho intramolecular Hbond substituents is 1. The largest absolute Gasteiger partial charge is 0.508 e. The molecule has 0 fully saturated rings. The zero-order chi connectivity index (χ0) is 22.5. The van der Waals surface area contributed by atoms with Crippen LogP contribution in [0.25, 0.3) is 0 Å². The number of aromatic hydroxyl groups is 1. The zero-order valence-corrected chi connectivity index (χ0v) is 17.7. The van der Waals surface area contributed by atoms with E-state index in [1.807, 2.05) is 20.8 Å². The van der Waals surface area contributed by atoms with Crippen molar-refractivity contribution in [2.45, 2.75) is 52.8 Å². The molecule has 2 aromatic rings. The van der Waals surface area contributed by atoms with Gasteiger partial charge in [-0.2, -0.15) is 13.2 Å². The number of phenols is 1. The van der Waals surface area contributed by atoms with Gasteiger partial charge in [-0.05, 0) is 50.5 Å². The molecule has 1 aromatic heterocycles. The summed E-state index contributed by atoms with van der Waals surface area (Å²) in [6.45, 7) is 8.35. The molecule has 1 unspecified atom stereocenters. The van der Waals surface area contributed by atoms with Gasteiger partial charge in [0.05, 0.1) is 5.92 Å². The molecule has 0 bridgehead atoms. The third-order valence-electron chi connectivity index (χ3n) is 5.15. The molecule has 0 aliphatic carbocycles. The fourth-order valence-electron chi connectivity index (χ4n) is 3.21. The normalized spacial score (nSPS) is 12.5. The Morgan fingerprint density at radius 1 is 1.17 bits per heavy atom. The maximum atomic E-state index is 13.1. The Morgan fingerprint density at radius 3 is 2.33 bits per heavy atom. The van der Waals surface area contributed by atoms with Crippen LogP contribution in [-0.2, 0) is 23.9 Å². The van der Waals surface area contributed by atoms with Crippen LogP contribution < -0.4 is 10.2 Å². The van der Waals surface area contributed by atoms with Crippen molar-refractivity contribution in [3.05, 3.63) is 52.7 Å². The van der Waals surface area contributed by atoms with Crippen molar-refractivity contribution in [1.29, 1.82) is 0 Å². The monoisotopic (exact) mass is 425 g/mol. The Morgan fingerprint density at radius 2 is 1.80 bits per heavy atom. The first-order valence-corrected chi connectivity index (χ1v) is 10.0. The van der Waals surface area contributed by atoms with Crippen molar-refractivity contribution < 1.29 is 24.5 Å². The summed E-state index contributed by atoms with van der Waals surface area (Å²) in [5, 5.41) is 12.8. The van der Waals surface area contributed by atoms with Gasteiger partial charge in [-0.3, -0.25) is 4.79 Å². The van der Waals surface area contributed by atoms with Gasteiger partial charge in [0.25, 0.3) is 0 Å². The molecule has 8 heteroatoms. The van der Waals surface area contributed by atoms with E-state index in [0.717, 1.165) is 11.6 Å². The summed E-state index contributed by atoms with van der Waals surface area (Å²) >= 11 is 0. The van der Waals surface area contributed by atoms with E-state index in [0.29, 0.717) is 30.6 Å². The lowest BCUT2D eigenvalue weighted by molar-refractivity contribution is -0.141. The summed E-state index contributed by atoms with van der Waals surface area (Å²) < 4.78 is 39.3. The van der Waals surface area contributed by atoms with E-state index in [9.17, 15) is 23.1 Å². The van der Waals surface area contributed by atoms with Crippen molar-refractivity contribution in [2.75, 3.05) is 18.0 Å². The van der Waals surface area contributed by atoms with E-state index in [2.05, 4.69) is 10.3 Å². The molecule has 0 aliphatic heterocycles. The van der Waals surface area contributed by atoms with Crippen LogP contribution in [0.2, 0.25) is 0 Å². The van der Waals surface area contributed by atoms with Crippen LogP contribution in [0.15, 0.2) is 30.3 Å². The van der Waals surface area contributed by atoms with Gasteiger partial charge in [0.15, 0.2) is 0 Å². The van der Waals surface area contributed by atoms with Crippen molar-refractivity contribution in [3.8, 4) is 5.75 Å². The van der Waals surface area contributed by atoms with Gasteiger partial charge in [-0.25, -0.2) is 4.98 Å². The van der Waals surface area contributed by atoms with Crippen LogP contribution >= 0.6 is 0 Å². The number of anilines is 1. The number of rotatable bonds is 8. The number of pyridine rings is 1. The maximum Gasteiger partial charge on any atom is 0.433 e. The number of hydrogen-bond donors (Lipinski definition) is 2. The minimum absolute atomic E-state index is 0. The smallest absolute Gasteiger partial charge is 0.433 e. The molecule has 30 heavy (non-hydrogen) atoms. The fourth-order valence-corrected chi connectivity index (χ4v) is 3.21. The highest BCUT2D eigenvalue weighted by molar-refractivity contribution is 5.83. The van der Waals surface area contributed by atoms with Gasteiger partial charge >= 0.3 is 6.18 Å². The minimum atomic E-state index is -4.54. The number of hydrogen-bond acceptors (Lipinski definition) is 4. The highest BCUT2D eigenvalue weighted by Crippen LogP contribution is 2.31. The average Bonchev–Trinajstić information content (AvgIpc) is 2.72. The average molecular weight is 425 g/mol. The number of amides is 1. The number of halogens is 3. The number of aryl methyl sites for hydroxylation is 1. The second-order valence-electron chi connectivity index (χ2n) is 7.03. The quantitative estimate of drug-likeness (QED) is 0.633. The SMILES string of the molecule is CCc1ccc(C(C)C(=O)NCc2ccc(C(F)(F)F)nc2N(CC)CC)cc1O.[HH]. The Labute approximate surface area is 176 Å². The molecule has 0 spiro atoms. The first kappa shape index (κ1) is 23.5. The first-order chi connectivity index (χ1) is 14.1. The molecular weight excluding hydrogens is 395 g/mol. The summed E-state index contributed by atoms with van der Waals surface area (Å²) in [5.74, 6) is -0.455. The van der Waals surface area contributed by atoms with Crippen LogP contribution in [-0.4, -0.2) is 29.1 Å². The van der Waals surface area contributed by atoms with Crippen LogP contribution in [0.3, 0.4) is 0 Å². The van der Waals surface area contributed by atoms with Crippen LogP contribution in [0.4, 0.5) is 19.0 Å². The summed E-state index contributed by atoms with van der Waals surface area (Å²) in [7, 11) is 0. The topological polar surface area (TPSA) is 65.5 Å². The molecule has 1 heterocycles. The highest BCUT2D eigenvalue weighted by atomic mass is 19.4. The highest BCUT2D eigenvalue weighted by Gasteiger charge is 2.33. The Balaban J connectivity index is 0.00000480. The number of benzene rings is 1. The molecule has 1 aromatic carbocycles. The van der Waals surface area contributed by atoms with Crippen molar-refractivity contribution in [3.63, 3.8) is 0 Å². The van der Waals surface area contributed by atoms with Crippen molar-refractivity contribution in [1.82, 2.24) is 10.3 Å². The van der Waals surface area contributed by atoms with Crippen LogP contribution in [0.5, 0.6) is 5.75 Å². The number of alkyl halides is 3. The molecule has 166 valence electrons. The summed E-state index contributed by atoms with van der Waals surface area (Å²) in [4.78, 5) is 18.2. The molecule has 2 rings (SSSR count). The van der Waals surface area contributed by atoms with Crippen molar-refractivity contribution >= 4 is 11.7 Å². The van der Waals surface area contributed by atoms with E-state index in [1.165, 1.54) is 6.07 Å². The van der Waals surface area contributed by atoms with E-state index in [1.54, 1.807) is 30.0 Å². The lowest BCUT2D eigenvalue weighted by Gasteiger charge is -2.24. The van der Waals surface area contributed by atoms with Gasteiger partial charge in [-0.1, -0.05) is 25.1 Å². The second kappa shape index (κ2) is 9.82. The summed E-state index contributed by atoms with van der Waals surface area (Å²) in [6, 6.07) is 7.44. The van der Waals surface area contributed by atoms with Crippen molar-refractivity contribution in [2.24, 2.45) is 0 Å². The number of carbonyl (C=O) groups is 1. The zero-order valence-electron chi connectivity index (χ0n) is 17.7. The first-order valence-electron chi connectivity index (χ1n) is 10.0. The number of aromatic nitrogens is 1. The van der Waals surface area contributed by atoms with Gasteiger partial charge in [0.2, 0.25) is 5.91 Å². The van der Waals surface area contributed by atoms with E-state index >= 15 is 0 Å². The molecule has 5 nitrogen and oxygen atoms in total. The fraction of sp³-hybridized carbons (Fsp3) is 0.455. The molecule has 0 saturated heterocycles. The molecule has 1 atom stereocenters. The number of nitrogens with one attached hydrogen (secondary N) is 1.